The Morgan fingerprint density at radius 2 is 2.07 bits per heavy atom. The molecule has 1 aromatic heterocycles. The van der Waals surface area contributed by atoms with E-state index >= 15 is 0 Å². The van der Waals surface area contributed by atoms with E-state index in [0.29, 0.717) is 29.8 Å². The highest BCUT2D eigenvalue weighted by molar-refractivity contribution is 5.77. The minimum absolute atomic E-state index is 0.109. The Morgan fingerprint density at radius 3 is 2.89 bits per heavy atom. The first-order chi connectivity index (χ1) is 12.9. The second kappa shape index (κ2) is 6.83. The van der Waals surface area contributed by atoms with Crippen molar-refractivity contribution in [1.82, 2.24) is 0 Å². The van der Waals surface area contributed by atoms with Crippen LogP contribution in [0.1, 0.15) is 39.5 Å². The predicted octanol–water partition coefficient (Wildman–Crippen LogP) is 4.55. The van der Waals surface area contributed by atoms with E-state index in [1.807, 2.05) is 12.1 Å². The van der Waals surface area contributed by atoms with Gasteiger partial charge in [-0.3, -0.25) is 0 Å². The summed E-state index contributed by atoms with van der Waals surface area (Å²) in [4.78, 5) is 11.5. The maximum atomic E-state index is 11.5. The lowest BCUT2D eigenvalue weighted by Gasteiger charge is -2.55. The fourth-order valence-corrected chi connectivity index (χ4v) is 5.40. The number of fused-ring (bicyclic) bond motifs is 2. The third kappa shape index (κ3) is 3.20. The molecule has 0 radical (unpaired) electrons. The van der Waals surface area contributed by atoms with Crippen molar-refractivity contribution in [2.75, 3.05) is 6.61 Å². The summed E-state index contributed by atoms with van der Waals surface area (Å²) in [5.74, 6) is 1.79. The lowest BCUT2D eigenvalue weighted by Crippen LogP contribution is -2.51. The Balaban J connectivity index is 1.56. The molecule has 2 aromatic rings. The predicted molar refractivity (Wildman–Crippen MR) is 106 cm³/mol. The van der Waals surface area contributed by atoms with Crippen LogP contribution in [0.4, 0.5) is 0 Å². The maximum Gasteiger partial charge on any atom is 0.336 e. The first kappa shape index (κ1) is 18.3. The lowest BCUT2D eigenvalue weighted by molar-refractivity contribution is -0.0779. The topological polar surface area (TPSA) is 59.7 Å². The van der Waals surface area contributed by atoms with Gasteiger partial charge in [-0.2, -0.15) is 0 Å². The van der Waals surface area contributed by atoms with Gasteiger partial charge in [-0.05, 0) is 61.1 Å². The second-order valence-corrected chi connectivity index (χ2v) is 8.59. The van der Waals surface area contributed by atoms with Crippen LogP contribution in [-0.4, -0.2) is 17.8 Å². The van der Waals surface area contributed by atoms with Crippen LogP contribution in [0.5, 0.6) is 5.75 Å². The molecule has 0 amide bonds. The summed E-state index contributed by atoms with van der Waals surface area (Å²) >= 11 is 0. The van der Waals surface area contributed by atoms with Gasteiger partial charge in [0.15, 0.2) is 0 Å². The Bertz CT molecular complexity index is 914. The third-order valence-corrected chi connectivity index (χ3v) is 7.14. The van der Waals surface area contributed by atoms with E-state index in [9.17, 15) is 9.90 Å². The number of aliphatic hydroxyl groups is 1. The normalized spacial score (nSPS) is 33.7. The van der Waals surface area contributed by atoms with Crippen molar-refractivity contribution < 1.29 is 14.3 Å². The monoisotopic (exact) mass is 368 g/mol. The number of hydrogen-bond donors (Lipinski definition) is 1. The van der Waals surface area contributed by atoms with E-state index in [0.717, 1.165) is 31.1 Å². The van der Waals surface area contributed by atoms with Crippen LogP contribution in [-0.2, 0) is 0 Å². The van der Waals surface area contributed by atoms with Crippen LogP contribution in [0.25, 0.3) is 11.0 Å². The Morgan fingerprint density at radius 1 is 1.30 bits per heavy atom. The molecule has 4 nitrogen and oxygen atoms in total. The van der Waals surface area contributed by atoms with E-state index in [1.54, 1.807) is 12.1 Å². The molecule has 5 atom stereocenters. The summed E-state index contributed by atoms with van der Waals surface area (Å²) < 4.78 is 11.4. The molecule has 1 heterocycles. The number of benzene rings is 1. The summed E-state index contributed by atoms with van der Waals surface area (Å²) in [7, 11) is 0. The number of aliphatic hydroxyl groups excluding tert-OH is 1. The fourth-order valence-electron chi connectivity index (χ4n) is 5.40. The average Bonchev–Trinajstić information content (AvgIpc) is 2.64. The van der Waals surface area contributed by atoms with E-state index in [4.69, 9.17) is 9.15 Å². The molecule has 1 N–H and O–H groups in total. The Hall–Kier alpha value is -2.07. The molecule has 2 fully saturated rings. The van der Waals surface area contributed by atoms with Crippen molar-refractivity contribution in [1.29, 1.82) is 0 Å². The van der Waals surface area contributed by atoms with Gasteiger partial charge in [-0.25, -0.2) is 4.79 Å². The highest BCUT2D eigenvalue weighted by atomic mass is 16.5. The number of rotatable bonds is 3. The third-order valence-electron chi connectivity index (χ3n) is 7.14. The van der Waals surface area contributed by atoms with Gasteiger partial charge in [-0.1, -0.05) is 26.0 Å². The van der Waals surface area contributed by atoms with Crippen molar-refractivity contribution in [3.05, 3.63) is 52.9 Å². The highest BCUT2D eigenvalue weighted by Gasteiger charge is 2.51. The van der Waals surface area contributed by atoms with Gasteiger partial charge in [0.05, 0.1) is 12.7 Å². The minimum Gasteiger partial charge on any atom is -0.493 e. The van der Waals surface area contributed by atoms with Crippen LogP contribution in [0.15, 0.2) is 51.7 Å². The SMILES string of the molecule is C=C1CC[C@H]2[C@@H](C)[C@@H](O)CC[C@]2(C)[C@H]1COc1ccc2ccc(=O)oc2c1. The van der Waals surface area contributed by atoms with Crippen molar-refractivity contribution >= 4 is 11.0 Å². The van der Waals surface area contributed by atoms with Gasteiger partial charge in [0.2, 0.25) is 0 Å². The van der Waals surface area contributed by atoms with Crippen LogP contribution < -0.4 is 10.4 Å². The van der Waals surface area contributed by atoms with E-state index in [2.05, 4.69) is 20.4 Å². The largest absolute Gasteiger partial charge is 0.493 e. The van der Waals surface area contributed by atoms with Crippen molar-refractivity contribution in [2.45, 2.75) is 45.6 Å². The van der Waals surface area contributed by atoms with Gasteiger partial charge in [0.25, 0.3) is 0 Å². The van der Waals surface area contributed by atoms with Gasteiger partial charge in [0, 0.05) is 23.4 Å². The van der Waals surface area contributed by atoms with Crippen molar-refractivity contribution in [3.63, 3.8) is 0 Å². The molecule has 0 unspecified atom stereocenters. The molecule has 2 saturated carbocycles. The van der Waals surface area contributed by atoms with Gasteiger partial charge in [-0.15, -0.1) is 0 Å². The van der Waals surface area contributed by atoms with Crippen molar-refractivity contribution in [3.8, 4) is 5.75 Å². The number of hydrogen-bond acceptors (Lipinski definition) is 4. The molecule has 2 aliphatic rings. The molecule has 4 rings (SSSR count). The van der Waals surface area contributed by atoms with Crippen LogP contribution in [0.3, 0.4) is 0 Å². The standard InChI is InChI=1S/C23H28O4/c1-14-4-8-18-15(2)20(24)10-11-23(18,3)19(14)13-26-17-7-5-16-6-9-22(25)27-21(16)12-17/h5-7,9,12,15,18-20,24H,1,4,8,10-11,13H2,2-3H3/t15-,18+,19+,20+,23+/m1/s1. The molecule has 2 aliphatic carbocycles. The molecule has 1 aromatic carbocycles. The fraction of sp³-hybridized carbons (Fsp3) is 0.522. The Kier molecular flexibility index (Phi) is 4.63. The first-order valence-corrected chi connectivity index (χ1v) is 9.91. The lowest BCUT2D eigenvalue weighted by atomic mass is 9.51. The molecule has 144 valence electrons. The van der Waals surface area contributed by atoms with Gasteiger partial charge < -0.3 is 14.3 Å². The van der Waals surface area contributed by atoms with E-state index < -0.39 is 0 Å². The summed E-state index contributed by atoms with van der Waals surface area (Å²) in [6.07, 6.45) is 3.75. The molecule has 0 spiro atoms. The molecular weight excluding hydrogens is 340 g/mol. The van der Waals surface area contributed by atoms with Gasteiger partial charge in [0.1, 0.15) is 11.3 Å². The highest BCUT2D eigenvalue weighted by Crippen LogP contribution is 2.56. The smallest absolute Gasteiger partial charge is 0.336 e. The zero-order valence-corrected chi connectivity index (χ0v) is 16.1. The van der Waals surface area contributed by atoms with Gasteiger partial charge >= 0.3 is 5.63 Å². The summed E-state index contributed by atoms with van der Waals surface area (Å²) in [5, 5.41) is 11.2. The maximum absolute atomic E-state index is 11.5. The molecular formula is C23H28O4. The quantitative estimate of drug-likeness (QED) is 0.638. The number of ether oxygens (including phenoxy) is 1. The van der Waals surface area contributed by atoms with Crippen LogP contribution in [0, 0.1) is 23.2 Å². The molecule has 0 saturated heterocycles. The zero-order chi connectivity index (χ0) is 19.2. The Labute approximate surface area is 159 Å². The summed E-state index contributed by atoms with van der Waals surface area (Å²) in [5.41, 5.74) is 1.55. The van der Waals surface area contributed by atoms with E-state index in [-0.39, 0.29) is 23.1 Å². The van der Waals surface area contributed by atoms with Crippen molar-refractivity contribution in [2.24, 2.45) is 23.2 Å². The van der Waals surface area contributed by atoms with Crippen LogP contribution in [0.2, 0.25) is 0 Å². The van der Waals surface area contributed by atoms with E-state index in [1.165, 1.54) is 11.6 Å². The molecule has 4 heteroatoms. The molecule has 0 bridgehead atoms. The molecule has 0 aliphatic heterocycles. The first-order valence-electron chi connectivity index (χ1n) is 9.91. The zero-order valence-electron chi connectivity index (χ0n) is 16.1. The minimum atomic E-state index is -0.356. The summed E-state index contributed by atoms with van der Waals surface area (Å²) in [6, 6.07) is 8.80. The second-order valence-electron chi connectivity index (χ2n) is 8.59. The summed E-state index contributed by atoms with van der Waals surface area (Å²) in [6.45, 7) is 9.44. The molecule has 27 heavy (non-hydrogen) atoms. The van der Waals surface area contributed by atoms with Crippen LogP contribution >= 0.6 is 0 Å². The average molecular weight is 368 g/mol.